The zero-order chi connectivity index (χ0) is 18.7. The SMILES string of the molecule is C=CC.Cc1ccc2c(c1)CCCN2c1nc(=O)n(O)c2ncccc12. The average Bonchev–Trinajstić information content (AvgIpc) is 2.65. The Bertz CT molecular complexity index is 1010. The van der Waals surface area contributed by atoms with Crippen molar-refractivity contribution < 1.29 is 5.21 Å². The number of hydrogen-bond donors (Lipinski definition) is 1. The van der Waals surface area contributed by atoms with Crippen molar-refractivity contribution in [3.8, 4) is 0 Å². The first kappa shape index (κ1) is 17.7. The molecule has 26 heavy (non-hydrogen) atoms. The molecule has 0 unspecified atom stereocenters. The molecule has 0 saturated carbocycles. The van der Waals surface area contributed by atoms with Gasteiger partial charge in [-0.2, -0.15) is 4.98 Å². The highest BCUT2D eigenvalue weighted by Gasteiger charge is 2.23. The van der Waals surface area contributed by atoms with Crippen LogP contribution < -0.4 is 10.6 Å². The fourth-order valence-corrected chi connectivity index (χ4v) is 3.18. The van der Waals surface area contributed by atoms with Gasteiger partial charge in [0.15, 0.2) is 5.65 Å². The van der Waals surface area contributed by atoms with Crippen LogP contribution in [-0.2, 0) is 6.42 Å². The standard InChI is InChI=1S/C17H16N4O2.C3H6/c1-11-6-7-14-12(10-11)4-3-9-20(14)16-13-5-2-8-18-15(13)21(23)17(22)19-16;1-3-2/h2,5-8,10,23H,3-4,9H2,1H3;3H,1H2,2H3. The molecule has 0 fully saturated rings. The van der Waals surface area contributed by atoms with Crippen LogP contribution in [0, 0.1) is 6.92 Å². The van der Waals surface area contributed by atoms with Crippen molar-refractivity contribution in [3.63, 3.8) is 0 Å². The Kier molecular flexibility index (Phi) is 5.02. The Morgan fingerprint density at radius 1 is 1.31 bits per heavy atom. The van der Waals surface area contributed by atoms with Gasteiger partial charge in [-0.15, -0.1) is 11.3 Å². The van der Waals surface area contributed by atoms with Crippen molar-refractivity contribution in [3.05, 3.63) is 70.8 Å². The summed E-state index contributed by atoms with van der Waals surface area (Å²) in [7, 11) is 0. The van der Waals surface area contributed by atoms with Gasteiger partial charge in [0.2, 0.25) is 0 Å². The summed E-state index contributed by atoms with van der Waals surface area (Å²) in [6.45, 7) is 8.10. The predicted octanol–water partition coefficient (Wildman–Crippen LogP) is 3.61. The molecule has 1 aliphatic rings. The van der Waals surface area contributed by atoms with E-state index in [9.17, 15) is 10.0 Å². The lowest BCUT2D eigenvalue weighted by molar-refractivity contribution is 0.182. The number of pyridine rings is 1. The van der Waals surface area contributed by atoms with Crippen LogP contribution >= 0.6 is 0 Å². The Balaban J connectivity index is 0.000000613. The molecule has 1 aromatic carbocycles. The van der Waals surface area contributed by atoms with E-state index in [1.807, 2.05) is 17.9 Å². The minimum Gasteiger partial charge on any atom is -0.422 e. The van der Waals surface area contributed by atoms with Gasteiger partial charge in [-0.05, 0) is 50.5 Å². The van der Waals surface area contributed by atoms with Gasteiger partial charge in [-0.3, -0.25) is 0 Å². The van der Waals surface area contributed by atoms with Crippen molar-refractivity contribution >= 4 is 22.5 Å². The molecule has 0 saturated heterocycles. The summed E-state index contributed by atoms with van der Waals surface area (Å²) in [5.74, 6) is 0.549. The molecule has 3 heterocycles. The van der Waals surface area contributed by atoms with Crippen molar-refractivity contribution in [2.24, 2.45) is 0 Å². The highest BCUT2D eigenvalue weighted by Crippen LogP contribution is 2.35. The predicted molar refractivity (Wildman–Crippen MR) is 103 cm³/mol. The number of rotatable bonds is 1. The fraction of sp³-hybridized carbons (Fsp3) is 0.250. The van der Waals surface area contributed by atoms with E-state index in [0.29, 0.717) is 15.9 Å². The maximum absolute atomic E-state index is 12.0. The van der Waals surface area contributed by atoms with E-state index >= 15 is 0 Å². The molecule has 0 atom stereocenters. The smallest absolute Gasteiger partial charge is 0.384 e. The number of aryl methyl sites for hydroxylation is 2. The molecule has 4 rings (SSSR count). The second kappa shape index (κ2) is 7.39. The summed E-state index contributed by atoms with van der Waals surface area (Å²) < 4.78 is 0.499. The molecule has 1 aliphatic heterocycles. The number of allylic oxidation sites excluding steroid dienone is 1. The first-order valence-corrected chi connectivity index (χ1v) is 8.58. The molecule has 0 bridgehead atoms. The minimum atomic E-state index is -0.717. The minimum absolute atomic E-state index is 0.224. The average molecular weight is 350 g/mol. The van der Waals surface area contributed by atoms with E-state index in [4.69, 9.17) is 0 Å². The van der Waals surface area contributed by atoms with Crippen molar-refractivity contribution in [2.75, 3.05) is 11.4 Å². The summed E-state index contributed by atoms with van der Waals surface area (Å²) >= 11 is 0. The third-order valence-electron chi connectivity index (χ3n) is 4.22. The molecule has 6 heteroatoms. The summed E-state index contributed by atoms with van der Waals surface area (Å²) in [5.41, 5.74) is 3.04. The van der Waals surface area contributed by atoms with E-state index in [2.05, 4.69) is 41.7 Å². The van der Waals surface area contributed by atoms with Crippen LogP contribution in [0.4, 0.5) is 11.5 Å². The largest absolute Gasteiger partial charge is 0.422 e. The number of fused-ring (bicyclic) bond motifs is 2. The molecule has 1 N–H and O–H groups in total. The van der Waals surface area contributed by atoms with Crippen LogP contribution in [-0.4, -0.2) is 26.5 Å². The van der Waals surface area contributed by atoms with Crippen molar-refractivity contribution in [1.82, 2.24) is 14.7 Å². The first-order valence-electron chi connectivity index (χ1n) is 8.58. The second-order valence-electron chi connectivity index (χ2n) is 6.20. The third kappa shape index (κ3) is 3.18. The number of nitrogens with zero attached hydrogens (tertiary/aromatic N) is 4. The molecule has 0 radical (unpaired) electrons. The number of hydrogen-bond acceptors (Lipinski definition) is 5. The molecule has 3 aromatic rings. The van der Waals surface area contributed by atoms with E-state index < -0.39 is 5.69 Å². The normalized spacial score (nSPS) is 12.9. The number of benzene rings is 1. The van der Waals surface area contributed by atoms with Crippen LogP contribution in [0.3, 0.4) is 0 Å². The van der Waals surface area contributed by atoms with E-state index in [0.717, 1.165) is 25.1 Å². The fourth-order valence-electron chi connectivity index (χ4n) is 3.18. The quantitative estimate of drug-likeness (QED) is 0.536. The Hall–Kier alpha value is -3.15. The Morgan fingerprint density at radius 2 is 2.08 bits per heavy atom. The highest BCUT2D eigenvalue weighted by molar-refractivity contribution is 5.89. The van der Waals surface area contributed by atoms with E-state index in [1.165, 1.54) is 11.1 Å². The van der Waals surface area contributed by atoms with Gasteiger partial charge in [0.25, 0.3) is 0 Å². The lowest BCUT2D eigenvalue weighted by Crippen LogP contribution is -2.30. The Labute approximate surface area is 152 Å². The molecule has 0 spiro atoms. The lowest BCUT2D eigenvalue weighted by Gasteiger charge is -2.31. The molecular weight excluding hydrogens is 328 g/mol. The van der Waals surface area contributed by atoms with Gasteiger partial charge >= 0.3 is 5.69 Å². The summed E-state index contributed by atoms with van der Waals surface area (Å²) in [6, 6.07) is 9.90. The highest BCUT2D eigenvalue weighted by atomic mass is 16.5. The molecule has 0 amide bonds. The van der Waals surface area contributed by atoms with Gasteiger partial charge in [-0.1, -0.05) is 23.8 Å². The number of aromatic nitrogens is 3. The first-order chi connectivity index (χ1) is 12.6. The molecular formula is C20H22N4O2. The zero-order valence-corrected chi connectivity index (χ0v) is 15.0. The second-order valence-corrected chi connectivity index (χ2v) is 6.20. The zero-order valence-electron chi connectivity index (χ0n) is 15.0. The van der Waals surface area contributed by atoms with Crippen LogP contribution in [0.1, 0.15) is 24.5 Å². The maximum atomic E-state index is 12.0. The van der Waals surface area contributed by atoms with Gasteiger partial charge in [0.05, 0.1) is 5.39 Å². The topological polar surface area (TPSA) is 71.2 Å². The van der Waals surface area contributed by atoms with Gasteiger partial charge in [-0.25, -0.2) is 9.78 Å². The summed E-state index contributed by atoms with van der Waals surface area (Å²) in [4.78, 5) is 22.2. The third-order valence-corrected chi connectivity index (χ3v) is 4.22. The van der Waals surface area contributed by atoms with Crippen molar-refractivity contribution in [1.29, 1.82) is 0 Å². The molecule has 2 aromatic heterocycles. The van der Waals surface area contributed by atoms with Gasteiger partial charge in [0.1, 0.15) is 5.82 Å². The summed E-state index contributed by atoms with van der Waals surface area (Å²) in [5, 5.41) is 10.5. The maximum Gasteiger partial charge on any atom is 0.384 e. The lowest BCUT2D eigenvalue weighted by atomic mass is 9.99. The van der Waals surface area contributed by atoms with Crippen LogP contribution in [0.5, 0.6) is 0 Å². The Morgan fingerprint density at radius 3 is 2.85 bits per heavy atom. The summed E-state index contributed by atoms with van der Waals surface area (Å²) in [6.07, 6.45) is 5.30. The number of anilines is 2. The van der Waals surface area contributed by atoms with E-state index in [-0.39, 0.29) is 5.65 Å². The van der Waals surface area contributed by atoms with Gasteiger partial charge < -0.3 is 10.1 Å². The van der Waals surface area contributed by atoms with Crippen LogP contribution in [0.25, 0.3) is 11.0 Å². The molecule has 0 aliphatic carbocycles. The van der Waals surface area contributed by atoms with Crippen LogP contribution in [0.2, 0.25) is 0 Å². The molecule has 134 valence electrons. The van der Waals surface area contributed by atoms with Crippen LogP contribution in [0.15, 0.2) is 54.0 Å². The molecule has 6 nitrogen and oxygen atoms in total. The van der Waals surface area contributed by atoms with E-state index in [1.54, 1.807) is 18.3 Å². The van der Waals surface area contributed by atoms with Gasteiger partial charge in [0, 0.05) is 18.4 Å². The van der Waals surface area contributed by atoms with Crippen molar-refractivity contribution in [2.45, 2.75) is 26.7 Å². The monoisotopic (exact) mass is 350 g/mol.